The van der Waals surface area contributed by atoms with E-state index in [0.717, 1.165) is 22.1 Å². The van der Waals surface area contributed by atoms with Crippen LogP contribution in [0.3, 0.4) is 0 Å². The average Bonchev–Trinajstić information content (AvgIpc) is 3.54. The van der Waals surface area contributed by atoms with Crippen LogP contribution in [0.2, 0.25) is 0 Å². The Hall–Kier alpha value is -4.47. The molecule has 0 aliphatic carbocycles. The molecule has 0 aliphatic heterocycles. The highest BCUT2D eigenvalue weighted by atomic mass is 16.6. The number of carbonyl (C=O) groups excluding carboxylic acids is 1. The number of carbonyl (C=O) groups is 1. The number of para-hydroxylation sites is 1. The van der Waals surface area contributed by atoms with Gasteiger partial charge in [0.2, 0.25) is 5.88 Å². The van der Waals surface area contributed by atoms with Gasteiger partial charge in [0.15, 0.2) is 0 Å². The molecule has 10 heteroatoms. The van der Waals surface area contributed by atoms with Crippen LogP contribution >= 0.6 is 0 Å². The molecule has 5 rings (SSSR count). The SMILES string of the molecule is COc1nnc(-c2cnn(C)c2)cc1-c1c(-c2cnn(C)c2)c2ccccc2n1C(=O)OC(C)(C)C. The van der Waals surface area contributed by atoms with Gasteiger partial charge >= 0.3 is 6.09 Å². The summed E-state index contributed by atoms with van der Waals surface area (Å²) in [5.74, 6) is 0.278. The van der Waals surface area contributed by atoms with Crippen LogP contribution in [-0.2, 0) is 18.8 Å². The summed E-state index contributed by atoms with van der Waals surface area (Å²) in [7, 11) is 5.22. The zero-order valence-corrected chi connectivity index (χ0v) is 21.1. The van der Waals surface area contributed by atoms with Crippen molar-refractivity contribution < 1.29 is 14.3 Å². The van der Waals surface area contributed by atoms with E-state index in [9.17, 15) is 4.79 Å². The smallest absolute Gasteiger partial charge is 0.419 e. The molecule has 0 atom stereocenters. The Morgan fingerprint density at radius 2 is 1.61 bits per heavy atom. The lowest BCUT2D eigenvalue weighted by Gasteiger charge is -2.21. The number of benzene rings is 1. The van der Waals surface area contributed by atoms with Crippen molar-refractivity contribution in [2.45, 2.75) is 26.4 Å². The van der Waals surface area contributed by atoms with Crippen LogP contribution in [0.15, 0.2) is 55.1 Å². The van der Waals surface area contributed by atoms with Gasteiger partial charge in [-0.15, -0.1) is 10.2 Å². The van der Waals surface area contributed by atoms with Crippen molar-refractivity contribution in [1.29, 1.82) is 0 Å². The topological polar surface area (TPSA) is 102 Å². The van der Waals surface area contributed by atoms with E-state index in [-0.39, 0.29) is 5.88 Å². The molecule has 0 fully saturated rings. The average molecular weight is 486 g/mol. The summed E-state index contributed by atoms with van der Waals surface area (Å²) in [4.78, 5) is 13.7. The monoisotopic (exact) mass is 485 g/mol. The van der Waals surface area contributed by atoms with Crippen LogP contribution < -0.4 is 4.74 Å². The lowest BCUT2D eigenvalue weighted by Crippen LogP contribution is -2.27. The normalized spacial score (nSPS) is 11.7. The minimum Gasteiger partial charge on any atom is -0.479 e. The lowest BCUT2D eigenvalue weighted by molar-refractivity contribution is 0.0547. The van der Waals surface area contributed by atoms with Crippen molar-refractivity contribution in [3.63, 3.8) is 0 Å². The number of ether oxygens (including phenoxy) is 2. The second kappa shape index (κ2) is 8.63. The molecule has 0 saturated heterocycles. The lowest BCUT2D eigenvalue weighted by atomic mass is 10.0. The third kappa shape index (κ3) is 4.10. The summed E-state index contributed by atoms with van der Waals surface area (Å²) in [6.45, 7) is 5.52. The van der Waals surface area contributed by atoms with E-state index in [0.29, 0.717) is 22.5 Å². The van der Waals surface area contributed by atoms with Gasteiger partial charge in [0.05, 0.1) is 42.0 Å². The van der Waals surface area contributed by atoms with E-state index in [1.807, 2.05) is 77.6 Å². The van der Waals surface area contributed by atoms with Gasteiger partial charge in [0.25, 0.3) is 0 Å². The van der Waals surface area contributed by atoms with Gasteiger partial charge in [-0.25, -0.2) is 9.36 Å². The molecule has 0 unspecified atom stereocenters. The molecule has 10 nitrogen and oxygen atoms in total. The maximum Gasteiger partial charge on any atom is 0.419 e. The van der Waals surface area contributed by atoms with Crippen molar-refractivity contribution in [1.82, 2.24) is 34.3 Å². The largest absolute Gasteiger partial charge is 0.479 e. The summed E-state index contributed by atoms with van der Waals surface area (Å²) in [5, 5.41) is 18.2. The molecule has 0 saturated carbocycles. The maximum absolute atomic E-state index is 13.7. The molecular weight excluding hydrogens is 458 g/mol. The Balaban J connectivity index is 1.88. The van der Waals surface area contributed by atoms with E-state index >= 15 is 0 Å². The zero-order valence-electron chi connectivity index (χ0n) is 21.1. The maximum atomic E-state index is 13.7. The Morgan fingerprint density at radius 1 is 0.944 bits per heavy atom. The fraction of sp³-hybridized carbons (Fsp3) is 0.269. The number of hydrogen-bond acceptors (Lipinski definition) is 7. The molecule has 4 heterocycles. The molecule has 1 aromatic carbocycles. The van der Waals surface area contributed by atoms with Gasteiger partial charge in [-0.1, -0.05) is 18.2 Å². The standard InChI is InChI=1S/C26H27N7O3/c1-26(2,3)36-25(34)33-21-10-8-7-9-18(21)22(17-13-28-32(5)15-17)23(33)19-11-20(29-30-24(19)35-6)16-12-27-31(4)14-16/h7-15H,1-6H3. The molecule has 0 spiro atoms. The Morgan fingerprint density at radius 3 is 2.22 bits per heavy atom. The van der Waals surface area contributed by atoms with E-state index in [1.165, 1.54) is 7.11 Å². The van der Waals surface area contributed by atoms with E-state index in [2.05, 4.69) is 20.4 Å². The first kappa shape index (κ1) is 23.3. The summed E-state index contributed by atoms with van der Waals surface area (Å²) in [5.41, 5.74) is 4.20. The van der Waals surface area contributed by atoms with Crippen molar-refractivity contribution in [3.05, 3.63) is 55.1 Å². The summed E-state index contributed by atoms with van der Waals surface area (Å²) >= 11 is 0. The molecule has 0 bridgehead atoms. The first-order valence-electron chi connectivity index (χ1n) is 11.4. The van der Waals surface area contributed by atoms with Gasteiger partial charge in [-0.3, -0.25) is 9.36 Å². The van der Waals surface area contributed by atoms with Crippen LogP contribution in [0, 0.1) is 0 Å². The molecule has 5 aromatic rings. The van der Waals surface area contributed by atoms with Crippen molar-refractivity contribution in [2.24, 2.45) is 14.1 Å². The number of rotatable bonds is 4. The molecule has 0 radical (unpaired) electrons. The number of nitrogens with zero attached hydrogens (tertiary/aromatic N) is 7. The third-order valence-electron chi connectivity index (χ3n) is 5.65. The fourth-order valence-corrected chi connectivity index (χ4v) is 4.23. The van der Waals surface area contributed by atoms with E-state index in [1.54, 1.807) is 26.3 Å². The van der Waals surface area contributed by atoms with Crippen LogP contribution in [0.1, 0.15) is 20.8 Å². The predicted octanol–water partition coefficient (Wildman–Crippen LogP) is 4.69. The molecule has 0 amide bonds. The zero-order chi connectivity index (χ0) is 25.6. The summed E-state index contributed by atoms with van der Waals surface area (Å²) < 4.78 is 16.5. The summed E-state index contributed by atoms with van der Waals surface area (Å²) in [6.07, 6.45) is 6.74. The third-order valence-corrected chi connectivity index (χ3v) is 5.65. The molecule has 0 aliphatic rings. The number of methoxy groups -OCH3 is 1. The number of hydrogen-bond donors (Lipinski definition) is 0. The summed E-state index contributed by atoms with van der Waals surface area (Å²) in [6, 6.07) is 9.56. The molecule has 36 heavy (non-hydrogen) atoms. The van der Waals surface area contributed by atoms with Gasteiger partial charge < -0.3 is 9.47 Å². The van der Waals surface area contributed by atoms with Gasteiger partial charge in [0.1, 0.15) is 5.60 Å². The second-order valence-corrected chi connectivity index (χ2v) is 9.51. The second-order valence-electron chi connectivity index (χ2n) is 9.51. The number of fused-ring (bicyclic) bond motifs is 1. The van der Waals surface area contributed by atoms with Gasteiger partial charge in [0, 0.05) is 48.6 Å². The highest BCUT2D eigenvalue weighted by Crippen LogP contribution is 2.44. The predicted molar refractivity (Wildman–Crippen MR) is 136 cm³/mol. The van der Waals surface area contributed by atoms with Crippen molar-refractivity contribution in [2.75, 3.05) is 7.11 Å². The fourth-order valence-electron chi connectivity index (χ4n) is 4.23. The Bertz CT molecular complexity index is 1590. The molecule has 0 N–H and O–H groups in total. The van der Waals surface area contributed by atoms with Gasteiger partial charge in [-0.2, -0.15) is 10.2 Å². The minimum absolute atomic E-state index is 0.278. The van der Waals surface area contributed by atoms with E-state index in [4.69, 9.17) is 9.47 Å². The quantitative estimate of drug-likeness (QED) is 0.364. The number of aryl methyl sites for hydroxylation is 2. The highest BCUT2D eigenvalue weighted by Gasteiger charge is 2.30. The molecule has 184 valence electrons. The first-order valence-corrected chi connectivity index (χ1v) is 11.4. The highest BCUT2D eigenvalue weighted by molar-refractivity contribution is 6.09. The number of aromatic nitrogens is 7. The first-order chi connectivity index (χ1) is 17.2. The van der Waals surface area contributed by atoms with Crippen LogP contribution in [0.5, 0.6) is 5.88 Å². The Labute approximate surface area is 208 Å². The molecular formula is C26H27N7O3. The minimum atomic E-state index is -0.699. The Kier molecular flexibility index (Phi) is 5.58. The molecule has 4 aromatic heterocycles. The van der Waals surface area contributed by atoms with Gasteiger partial charge in [-0.05, 0) is 32.9 Å². The van der Waals surface area contributed by atoms with Crippen LogP contribution in [-0.4, -0.2) is 53.1 Å². The van der Waals surface area contributed by atoms with Crippen LogP contribution in [0.4, 0.5) is 4.79 Å². The van der Waals surface area contributed by atoms with Crippen molar-refractivity contribution >= 4 is 17.0 Å². The van der Waals surface area contributed by atoms with Crippen molar-refractivity contribution in [3.8, 4) is 39.5 Å². The van der Waals surface area contributed by atoms with E-state index < -0.39 is 11.7 Å². The van der Waals surface area contributed by atoms with Crippen LogP contribution in [0.25, 0.3) is 44.5 Å².